The summed E-state index contributed by atoms with van der Waals surface area (Å²) in [6, 6.07) is 3.76. The number of ether oxygens (including phenoxy) is 1. The van der Waals surface area contributed by atoms with Gasteiger partial charge in [0.25, 0.3) is 0 Å². The third-order valence-corrected chi connectivity index (χ3v) is 5.92. The van der Waals surface area contributed by atoms with Crippen LogP contribution in [0.2, 0.25) is 0 Å². The van der Waals surface area contributed by atoms with Crippen LogP contribution in [0, 0.1) is 5.92 Å². The molecular formula is C15H25N3O4S. The zero-order chi connectivity index (χ0) is 17.0. The van der Waals surface area contributed by atoms with Gasteiger partial charge in [-0.2, -0.15) is 0 Å². The summed E-state index contributed by atoms with van der Waals surface area (Å²) in [5, 5.41) is 10.1. The van der Waals surface area contributed by atoms with E-state index in [1.807, 2.05) is 19.1 Å². The fourth-order valence-electron chi connectivity index (χ4n) is 2.65. The van der Waals surface area contributed by atoms with Crippen molar-refractivity contribution < 1.29 is 18.3 Å². The summed E-state index contributed by atoms with van der Waals surface area (Å²) < 4.78 is 30.4. The van der Waals surface area contributed by atoms with Crippen LogP contribution in [0.5, 0.6) is 5.88 Å². The van der Waals surface area contributed by atoms with Gasteiger partial charge in [-0.1, -0.05) is 6.07 Å². The second-order valence-corrected chi connectivity index (χ2v) is 8.25. The number of hydrogen-bond donors (Lipinski definition) is 1. The Morgan fingerprint density at radius 3 is 2.70 bits per heavy atom. The zero-order valence-corrected chi connectivity index (χ0v) is 14.7. The van der Waals surface area contributed by atoms with Crippen molar-refractivity contribution in [3.05, 3.63) is 23.9 Å². The van der Waals surface area contributed by atoms with E-state index < -0.39 is 16.1 Å². The van der Waals surface area contributed by atoms with Gasteiger partial charge in [0.15, 0.2) is 0 Å². The van der Waals surface area contributed by atoms with Crippen molar-refractivity contribution in [2.24, 2.45) is 5.92 Å². The number of rotatable bonds is 7. The predicted molar refractivity (Wildman–Crippen MR) is 87.7 cm³/mol. The van der Waals surface area contributed by atoms with E-state index >= 15 is 0 Å². The van der Waals surface area contributed by atoms with E-state index in [0.717, 1.165) is 5.56 Å². The van der Waals surface area contributed by atoms with Crippen LogP contribution in [0.15, 0.2) is 18.3 Å². The number of sulfonamides is 1. The molecule has 8 heteroatoms. The molecule has 1 saturated heterocycles. The van der Waals surface area contributed by atoms with Gasteiger partial charge in [-0.15, -0.1) is 0 Å². The van der Waals surface area contributed by atoms with Crippen molar-refractivity contribution in [1.29, 1.82) is 0 Å². The minimum atomic E-state index is -3.30. The van der Waals surface area contributed by atoms with E-state index in [4.69, 9.17) is 4.74 Å². The molecule has 1 aromatic heterocycles. The molecule has 0 radical (unpaired) electrons. The normalized spacial score (nSPS) is 22.7. The monoisotopic (exact) mass is 343 g/mol. The minimum Gasteiger partial charge on any atom is -0.478 e. The van der Waals surface area contributed by atoms with Crippen molar-refractivity contribution in [1.82, 2.24) is 14.2 Å². The third-order valence-electron chi connectivity index (χ3n) is 3.96. The van der Waals surface area contributed by atoms with Crippen molar-refractivity contribution in [2.45, 2.75) is 19.6 Å². The lowest BCUT2D eigenvalue weighted by atomic mass is 10.1. The Morgan fingerprint density at radius 1 is 1.39 bits per heavy atom. The molecule has 0 spiro atoms. The van der Waals surface area contributed by atoms with Crippen LogP contribution in [0.3, 0.4) is 0 Å². The van der Waals surface area contributed by atoms with Gasteiger partial charge in [0.05, 0.1) is 18.5 Å². The van der Waals surface area contributed by atoms with E-state index in [9.17, 15) is 13.5 Å². The number of nitrogens with zero attached hydrogens (tertiary/aromatic N) is 3. The maximum atomic E-state index is 12.0. The lowest BCUT2D eigenvalue weighted by molar-refractivity contribution is 0.148. The Balaban J connectivity index is 1.93. The average Bonchev–Trinajstić information content (AvgIpc) is 2.80. The van der Waals surface area contributed by atoms with Crippen LogP contribution in [0.1, 0.15) is 12.5 Å². The quantitative estimate of drug-likeness (QED) is 0.760. The molecule has 0 aromatic carbocycles. The molecule has 0 unspecified atom stereocenters. The summed E-state index contributed by atoms with van der Waals surface area (Å²) in [5.74, 6) is 0.296. The second-order valence-electron chi connectivity index (χ2n) is 6.02. The molecular weight excluding hydrogens is 318 g/mol. The van der Waals surface area contributed by atoms with Gasteiger partial charge < -0.3 is 9.84 Å². The van der Waals surface area contributed by atoms with Crippen LogP contribution < -0.4 is 4.74 Å². The zero-order valence-electron chi connectivity index (χ0n) is 13.8. The first kappa shape index (κ1) is 18.1. The third kappa shape index (κ3) is 4.87. The molecule has 23 heavy (non-hydrogen) atoms. The van der Waals surface area contributed by atoms with Crippen LogP contribution in [-0.2, 0) is 16.6 Å². The van der Waals surface area contributed by atoms with Crippen LogP contribution in [0.25, 0.3) is 0 Å². The highest BCUT2D eigenvalue weighted by molar-refractivity contribution is 7.89. The van der Waals surface area contributed by atoms with Gasteiger partial charge >= 0.3 is 0 Å². The summed E-state index contributed by atoms with van der Waals surface area (Å²) in [6.45, 7) is 4.15. The molecule has 0 bridgehead atoms. The van der Waals surface area contributed by atoms with E-state index in [-0.39, 0.29) is 11.7 Å². The fourth-order valence-corrected chi connectivity index (χ4v) is 3.82. The van der Waals surface area contributed by atoms with Gasteiger partial charge in [0.2, 0.25) is 15.9 Å². The first-order chi connectivity index (χ1) is 10.8. The van der Waals surface area contributed by atoms with E-state index in [1.54, 1.807) is 6.20 Å². The molecule has 1 aromatic rings. The molecule has 2 atom stereocenters. The van der Waals surface area contributed by atoms with E-state index in [1.165, 1.54) is 18.4 Å². The number of pyridine rings is 1. The number of aliphatic hydroxyl groups excluding tert-OH is 1. The number of likely N-dealkylation sites (tertiary alicyclic amines) is 1. The highest BCUT2D eigenvalue weighted by Gasteiger charge is 2.35. The molecule has 7 nitrogen and oxygen atoms in total. The minimum absolute atomic E-state index is 0.0286. The number of β-amino-alcohol motifs (C(OH)–C–C–N with tert-alkyl or cyclic N) is 1. The van der Waals surface area contributed by atoms with Crippen LogP contribution in [0.4, 0.5) is 0 Å². The number of aliphatic hydroxyl groups is 1. The van der Waals surface area contributed by atoms with Crippen molar-refractivity contribution in [3.8, 4) is 5.88 Å². The Bertz CT molecular complexity index is 604. The molecule has 0 saturated carbocycles. The largest absolute Gasteiger partial charge is 0.478 e. The van der Waals surface area contributed by atoms with E-state index in [0.29, 0.717) is 32.1 Å². The summed E-state index contributed by atoms with van der Waals surface area (Å²) in [5.41, 5.74) is 1.01. The molecule has 1 N–H and O–H groups in total. The Kier molecular flexibility index (Phi) is 5.96. The van der Waals surface area contributed by atoms with Crippen molar-refractivity contribution in [3.63, 3.8) is 0 Å². The smallest absolute Gasteiger partial charge is 0.214 e. The topological polar surface area (TPSA) is 83.0 Å². The highest BCUT2D eigenvalue weighted by atomic mass is 32.2. The van der Waals surface area contributed by atoms with Gasteiger partial charge in [0, 0.05) is 51.9 Å². The second kappa shape index (κ2) is 7.57. The SMILES string of the molecule is CCOc1ccc(CN2C[C@@H](CS(=O)(=O)N(C)C)[C@H](O)C2)cn1. The first-order valence-corrected chi connectivity index (χ1v) is 9.31. The Morgan fingerprint density at radius 2 is 2.13 bits per heavy atom. The summed E-state index contributed by atoms with van der Waals surface area (Å²) >= 11 is 0. The van der Waals surface area contributed by atoms with Crippen LogP contribution >= 0.6 is 0 Å². The molecule has 130 valence electrons. The van der Waals surface area contributed by atoms with Gasteiger partial charge in [-0.25, -0.2) is 17.7 Å². The summed E-state index contributed by atoms with van der Waals surface area (Å²) in [7, 11) is -0.277. The highest BCUT2D eigenvalue weighted by Crippen LogP contribution is 2.22. The lowest BCUT2D eigenvalue weighted by Crippen LogP contribution is -2.33. The van der Waals surface area contributed by atoms with Gasteiger partial charge in [0.1, 0.15) is 0 Å². The standard InChI is InChI=1S/C15H25N3O4S/c1-4-22-15-6-5-12(7-16-15)8-18-9-13(14(19)10-18)11-23(20,21)17(2)3/h5-7,13-14,19H,4,8-11H2,1-3H3/t13-,14+/m0/s1. The maximum Gasteiger partial charge on any atom is 0.214 e. The van der Waals surface area contributed by atoms with Crippen molar-refractivity contribution >= 4 is 10.0 Å². The molecule has 2 heterocycles. The van der Waals surface area contributed by atoms with E-state index in [2.05, 4.69) is 9.88 Å². The molecule has 2 rings (SSSR count). The number of aromatic nitrogens is 1. The summed E-state index contributed by atoms with van der Waals surface area (Å²) in [6.07, 6.45) is 1.13. The fraction of sp³-hybridized carbons (Fsp3) is 0.667. The lowest BCUT2D eigenvalue weighted by Gasteiger charge is -2.18. The Hall–Kier alpha value is -1.22. The average molecular weight is 343 g/mol. The van der Waals surface area contributed by atoms with Gasteiger partial charge in [-0.05, 0) is 12.5 Å². The molecule has 1 aliphatic heterocycles. The molecule has 0 amide bonds. The Labute approximate surface area is 137 Å². The van der Waals surface area contributed by atoms with Crippen molar-refractivity contribution in [2.75, 3.05) is 39.5 Å². The molecule has 0 aliphatic carbocycles. The predicted octanol–water partition coefficient (Wildman–Crippen LogP) is 0.164. The van der Waals surface area contributed by atoms with Gasteiger partial charge in [-0.3, -0.25) is 4.90 Å². The first-order valence-electron chi connectivity index (χ1n) is 7.70. The van der Waals surface area contributed by atoms with Crippen LogP contribution in [-0.4, -0.2) is 73.4 Å². The number of hydrogen-bond acceptors (Lipinski definition) is 6. The maximum absolute atomic E-state index is 12.0. The molecule has 1 fully saturated rings. The summed E-state index contributed by atoms with van der Waals surface area (Å²) in [4.78, 5) is 6.27. The molecule has 1 aliphatic rings.